The molecular formula is C15H26N4. The van der Waals surface area contributed by atoms with Crippen molar-refractivity contribution in [1.29, 1.82) is 0 Å². The second-order valence-electron chi connectivity index (χ2n) is 5.92. The molecule has 0 bridgehead atoms. The zero-order valence-electron chi connectivity index (χ0n) is 12.6. The Morgan fingerprint density at radius 2 is 2.11 bits per heavy atom. The maximum atomic E-state index is 5.82. The largest absolute Gasteiger partial charge is 0.351 e. The molecule has 2 heterocycles. The van der Waals surface area contributed by atoms with E-state index < -0.39 is 0 Å². The number of rotatable bonds is 3. The van der Waals surface area contributed by atoms with Crippen LogP contribution in [-0.2, 0) is 6.54 Å². The Morgan fingerprint density at radius 1 is 1.37 bits per heavy atom. The third-order valence-corrected chi connectivity index (χ3v) is 3.84. The van der Waals surface area contributed by atoms with Crippen LogP contribution in [-0.4, -0.2) is 42.6 Å². The van der Waals surface area contributed by atoms with Crippen molar-refractivity contribution in [3.63, 3.8) is 0 Å². The van der Waals surface area contributed by atoms with Crippen LogP contribution in [0.4, 0.5) is 5.82 Å². The number of pyridine rings is 1. The fraction of sp³-hybridized carbons (Fsp3) is 0.667. The minimum Gasteiger partial charge on any atom is -0.351 e. The number of likely N-dealkylation sites (N-methyl/N-ethyl adjacent to an activating group) is 1. The number of hydrogen-bond acceptors (Lipinski definition) is 4. The first-order valence-corrected chi connectivity index (χ1v) is 7.17. The predicted molar refractivity (Wildman–Crippen MR) is 80.5 cm³/mol. The Hall–Kier alpha value is -1.13. The Morgan fingerprint density at radius 3 is 2.68 bits per heavy atom. The van der Waals surface area contributed by atoms with Crippen molar-refractivity contribution in [2.24, 2.45) is 5.73 Å². The van der Waals surface area contributed by atoms with E-state index in [-0.39, 0.29) is 0 Å². The van der Waals surface area contributed by atoms with Crippen molar-refractivity contribution in [1.82, 2.24) is 9.88 Å². The molecule has 19 heavy (non-hydrogen) atoms. The normalized spacial score (nSPS) is 21.2. The first-order chi connectivity index (χ1) is 9.01. The Bertz CT molecular complexity index is 430. The molecule has 1 aromatic heterocycles. The van der Waals surface area contributed by atoms with Gasteiger partial charge in [-0.1, -0.05) is 13.8 Å². The van der Waals surface area contributed by atoms with E-state index >= 15 is 0 Å². The molecule has 0 aromatic carbocycles. The lowest BCUT2D eigenvalue weighted by atomic mass is 10.1. The fourth-order valence-corrected chi connectivity index (χ4v) is 2.64. The van der Waals surface area contributed by atoms with E-state index in [9.17, 15) is 0 Å². The van der Waals surface area contributed by atoms with Crippen LogP contribution in [0.5, 0.6) is 0 Å². The quantitative estimate of drug-likeness (QED) is 0.902. The molecule has 1 aliphatic heterocycles. The Kier molecular flexibility index (Phi) is 4.42. The van der Waals surface area contributed by atoms with Crippen LogP contribution in [0.3, 0.4) is 0 Å². The summed E-state index contributed by atoms with van der Waals surface area (Å²) in [4.78, 5) is 9.61. The second kappa shape index (κ2) is 5.88. The molecule has 0 saturated carbocycles. The van der Waals surface area contributed by atoms with E-state index in [0.717, 1.165) is 31.1 Å². The van der Waals surface area contributed by atoms with Crippen LogP contribution < -0.4 is 10.6 Å². The highest BCUT2D eigenvalue weighted by Crippen LogP contribution is 2.23. The monoisotopic (exact) mass is 262 g/mol. The molecule has 1 fully saturated rings. The molecule has 0 aliphatic carbocycles. The number of aromatic nitrogens is 1. The van der Waals surface area contributed by atoms with E-state index in [0.29, 0.717) is 18.5 Å². The van der Waals surface area contributed by atoms with Gasteiger partial charge in [0.1, 0.15) is 5.82 Å². The van der Waals surface area contributed by atoms with Gasteiger partial charge in [0.15, 0.2) is 0 Å². The lowest BCUT2D eigenvalue weighted by molar-refractivity contribution is 0.274. The van der Waals surface area contributed by atoms with Gasteiger partial charge in [-0.2, -0.15) is 0 Å². The van der Waals surface area contributed by atoms with Crippen LogP contribution in [0, 0.1) is 0 Å². The van der Waals surface area contributed by atoms with Gasteiger partial charge in [-0.25, -0.2) is 4.98 Å². The summed E-state index contributed by atoms with van der Waals surface area (Å²) in [5.74, 6) is 1.53. The third-order valence-electron chi connectivity index (χ3n) is 3.84. The Labute approximate surface area is 116 Å². The summed E-state index contributed by atoms with van der Waals surface area (Å²) in [6, 6.07) is 4.78. The van der Waals surface area contributed by atoms with Crippen molar-refractivity contribution in [3.05, 3.63) is 23.4 Å². The van der Waals surface area contributed by atoms with Gasteiger partial charge in [-0.05, 0) is 37.6 Å². The molecule has 2 rings (SSSR count). The number of nitrogens with two attached hydrogens (primary N) is 1. The maximum Gasteiger partial charge on any atom is 0.129 e. The van der Waals surface area contributed by atoms with Gasteiger partial charge in [-0.15, -0.1) is 0 Å². The van der Waals surface area contributed by atoms with E-state index in [2.05, 4.69) is 49.8 Å². The number of nitrogens with zero attached hydrogens (tertiary/aromatic N) is 3. The molecule has 106 valence electrons. The first-order valence-electron chi connectivity index (χ1n) is 7.17. The van der Waals surface area contributed by atoms with Crippen molar-refractivity contribution in [2.45, 2.75) is 39.3 Å². The molecule has 0 amide bonds. The summed E-state index contributed by atoms with van der Waals surface area (Å²) >= 11 is 0. The predicted octanol–water partition coefficient (Wildman–Crippen LogP) is 1.80. The van der Waals surface area contributed by atoms with Gasteiger partial charge in [-0.3, -0.25) is 0 Å². The SMILES string of the molecule is CC(C)c1cc(CN)cc(N2CCN(C)CC2C)n1. The van der Waals surface area contributed by atoms with E-state index in [1.807, 2.05) is 0 Å². The molecule has 1 aromatic rings. The van der Waals surface area contributed by atoms with Crippen molar-refractivity contribution in [2.75, 3.05) is 31.6 Å². The van der Waals surface area contributed by atoms with E-state index in [4.69, 9.17) is 10.7 Å². The zero-order chi connectivity index (χ0) is 14.0. The summed E-state index contributed by atoms with van der Waals surface area (Å²) in [6.45, 7) is 10.4. The fourth-order valence-electron chi connectivity index (χ4n) is 2.64. The number of piperazine rings is 1. The molecule has 1 aliphatic rings. The molecule has 0 spiro atoms. The molecule has 1 atom stereocenters. The van der Waals surface area contributed by atoms with Crippen molar-refractivity contribution >= 4 is 5.82 Å². The van der Waals surface area contributed by atoms with E-state index in [1.165, 1.54) is 5.56 Å². The summed E-state index contributed by atoms with van der Waals surface area (Å²) in [5.41, 5.74) is 8.14. The first kappa shape index (κ1) is 14.3. The molecular weight excluding hydrogens is 236 g/mol. The van der Waals surface area contributed by atoms with Crippen LogP contribution in [0.25, 0.3) is 0 Å². The molecule has 4 heteroatoms. The van der Waals surface area contributed by atoms with Gasteiger partial charge < -0.3 is 15.5 Å². The zero-order valence-corrected chi connectivity index (χ0v) is 12.6. The highest BCUT2D eigenvalue weighted by atomic mass is 15.3. The topological polar surface area (TPSA) is 45.4 Å². The lowest BCUT2D eigenvalue weighted by Gasteiger charge is -2.39. The van der Waals surface area contributed by atoms with Crippen LogP contribution >= 0.6 is 0 Å². The van der Waals surface area contributed by atoms with Crippen LogP contribution in [0.15, 0.2) is 12.1 Å². The summed E-state index contributed by atoms with van der Waals surface area (Å²) in [7, 11) is 2.18. The summed E-state index contributed by atoms with van der Waals surface area (Å²) in [5, 5.41) is 0. The lowest BCUT2D eigenvalue weighted by Crippen LogP contribution is -2.50. The second-order valence-corrected chi connectivity index (χ2v) is 5.92. The maximum absolute atomic E-state index is 5.82. The van der Waals surface area contributed by atoms with Gasteiger partial charge >= 0.3 is 0 Å². The van der Waals surface area contributed by atoms with E-state index in [1.54, 1.807) is 0 Å². The van der Waals surface area contributed by atoms with Crippen LogP contribution in [0.2, 0.25) is 0 Å². The van der Waals surface area contributed by atoms with Crippen molar-refractivity contribution < 1.29 is 0 Å². The third kappa shape index (κ3) is 3.25. The average molecular weight is 262 g/mol. The van der Waals surface area contributed by atoms with Crippen LogP contribution in [0.1, 0.15) is 37.9 Å². The number of hydrogen-bond donors (Lipinski definition) is 1. The smallest absolute Gasteiger partial charge is 0.129 e. The molecule has 1 unspecified atom stereocenters. The molecule has 2 N–H and O–H groups in total. The Balaban J connectivity index is 2.30. The highest BCUT2D eigenvalue weighted by molar-refractivity contribution is 5.45. The van der Waals surface area contributed by atoms with Gasteiger partial charge in [0.05, 0.1) is 0 Å². The summed E-state index contributed by atoms with van der Waals surface area (Å²) in [6.07, 6.45) is 0. The van der Waals surface area contributed by atoms with Gasteiger partial charge in [0.25, 0.3) is 0 Å². The van der Waals surface area contributed by atoms with Gasteiger partial charge in [0.2, 0.25) is 0 Å². The number of anilines is 1. The molecule has 0 radical (unpaired) electrons. The average Bonchev–Trinajstić information content (AvgIpc) is 2.38. The minimum atomic E-state index is 0.438. The highest BCUT2D eigenvalue weighted by Gasteiger charge is 2.23. The minimum absolute atomic E-state index is 0.438. The molecule has 4 nitrogen and oxygen atoms in total. The standard InChI is InChI=1S/C15H26N4/c1-11(2)14-7-13(9-16)8-15(17-14)19-6-5-18(4)10-12(19)3/h7-8,11-12H,5-6,9-10,16H2,1-4H3. The van der Waals surface area contributed by atoms with Crippen molar-refractivity contribution in [3.8, 4) is 0 Å². The molecule has 1 saturated heterocycles. The summed E-state index contributed by atoms with van der Waals surface area (Å²) < 4.78 is 0. The van der Waals surface area contributed by atoms with Gasteiger partial charge in [0, 0.05) is 37.9 Å².